The number of rotatable bonds is 11. The van der Waals surface area contributed by atoms with E-state index in [0.29, 0.717) is 68.4 Å². The Balaban J connectivity index is 0.000000627. The van der Waals surface area contributed by atoms with E-state index in [1.54, 1.807) is 36.7 Å². The molecule has 0 radical (unpaired) electrons. The smallest absolute Gasteiger partial charge is 0.328 e. The monoisotopic (exact) mass is 681 g/mol. The number of hydrogen-bond donors (Lipinski definition) is 3. The molecule has 0 aliphatic carbocycles. The molecule has 11 nitrogen and oxygen atoms in total. The molecule has 2 heterocycles. The van der Waals surface area contributed by atoms with Gasteiger partial charge in [-0.05, 0) is 55.3 Å². The zero-order valence-corrected chi connectivity index (χ0v) is 27.9. The van der Waals surface area contributed by atoms with E-state index >= 15 is 4.39 Å². The highest BCUT2D eigenvalue weighted by atomic mass is 19.1. The number of halogens is 1. The van der Waals surface area contributed by atoms with Crippen LogP contribution in [0, 0.1) is 5.82 Å². The summed E-state index contributed by atoms with van der Waals surface area (Å²) in [4.78, 5) is 56.0. The van der Waals surface area contributed by atoms with Crippen LogP contribution in [0.2, 0.25) is 0 Å². The second-order valence-corrected chi connectivity index (χ2v) is 11.3. The summed E-state index contributed by atoms with van der Waals surface area (Å²) in [6.45, 7) is 7.70. The van der Waals surface area contributed by atoms with Gasteiger partial charge in [-0.3, -0.25) is 19.5 Å². The van der Waals surface area contributed by atoms with Crippen molar-refractivity contribution in [3.05, 3.63) is 126 Å². The van der Waals surface area contributed by atoms with Crippen molar-refractivity contribution < 1.29 is 33.8 Å². The third-order valence-electron chi connectivity index (χ3n) is 8.16. The second-order valence-electron chi connectivity index (χ2n) is 11.3. The SMILES string of the molecule is CCN(CC)C(=O)C(c1ccccc1)N1CCN(c2ccc(NC(=O)c3ccccc3-c3cccnc3)cc2F)CC1.O=C(O)C=CC(=O)O. The van der Waals surface area contributed by atoms with E-state index in [1.807, 2.05) is 78.2 Å². The number of hydrogen-bond acceptors (Lipinski definition) is 7. The zero-order valence-electron chi connectivity index (χ0n) is 27.9. The average Bonchev–Trinajstić information content (AvgIpc) is 3.13. The highest BCUT2D eigenvalue weighted by molar-refractivity contribution is 6.08. The Morgan fingerprint density at radius 2 is 1.50 bits per heavy atom. The first-order valence-electron chi connectivity index (χ1n) is 16.2. The highest BCUT2D eigenvalue weighted by Crippen LogP contribution is 2.29. The van der Waals surface area contributed by atoms with Gasteiger partial charge >= 0.3 is 11.9 Å². The number of aromatic nitrogens is 1. The molecule has 1 saturated heterocycles. The molecule has 3 N–H and O–H groups in total. The van der Waals surface area contributed by atoms with Crippen LogP contribution in [0.5, 0.6) is 0 Å². The molecule has 260 valence electrons. The number of carboxylic acid groups (broad SMARTS) is 2. The first-order chi connectivity index (χ1) is 24.1. The predicted octanol–water partition coefficient (Wildman–Crippen LogP) is 5.58. The van der Waals surface area contributed by atoms with Gasteiger partial charge in [0.15, 0.2) is 0 Å². The van der Waals surface area contributed by atoms with Crippen LogP contribution < -0.4 is 10.2 Å². The molecule has 1 atom stereocenters. The van der Waals surface area contributed by atoms with Gasteiger partial charge in [-0.25, -0.2) is 14.0 Å². The minimum absolute atomic E-state index is 0.0935. The Bertz CT molecular complexity index is 1780. The first-order valence-corrected chi connectivity index (χ1v) is 16.2. The van der Waals surface area contributed by atoms with E-state index in [0.717, 1.165) is 16.7 Å². The molecule has 1 unspecified atom stereocenters. The number of carbonyl (C=O) groups excluding carboxylic acids is 2. The van der Waals surface area contributed by atoms with Gasteiger partial charge in [0, 0.05) is 80.6 Å². The molecule has 0 saturated carbocycles. The maximum Gasteiger partial charge on any atom is 0.328 e. The number of likely N-dealkylation sites (N-methyl/N-ethyl adjacent to an activating group) is 1. The minimum Gasteiger partial charge on any atom is -0.478 e. The molecule has 2 amide bonds. The van der Waals surface area contributed by atoms with Gasteiger partial charge in [0.05, 0.1) is 5.69 Å². The van der Waals surface area contributed by atoms with Gasteiger partial charge in [0.1, 0.15) is 11.9 Å². The van der Waals surface area contributed by atoms with Crippen LogP contribution in [0.15, 0.2) is 109 Å². The Morgan fingerprint density at radius 1 is 0.860 bits per heavy atom. The fourth-order valence-electron chi connectivity index (χ4n) is 5.71. The third kappa shape index (κ3) is 9.83. The Morgan fingerprint density at radius 3 is 2.08 bits per heavy atom. The van der Waals surface area contributed by atoms with E-state index in [2.05, 4.69) is 15.2 Å². The van der Waals surface area contributed by atoms with Gasteiger partial charge in [0.2, 0.25) is 5.91 Å². The van der Waals surface area contributed by atoms with Crippen LogP contribution in [0.25, 0.3) is 11.1 Å². The molecule has 1 fully saturated rings. The summed E-state index contributed by atoms with van der Waals surface area (Å²) in [5.41, 5.74) is 3.91. The van der Waals surface area contributed by atoms with E-state index in [9.17, 15) is 19.2 Å². The fraction of sp³-hybridized carbons (Fsp3) is 0.237. The van der Waals surface area contributed by atoms with Gasteiger partial charge in [-0.2, -0.15) is 0 Å². The van der Waals surface area contributed by atoms with E-state index in [4.69, 9.17) is 10.2 Å². The van der Waals surface area contributed by atoms with Gasteiger partial charge in [-0.1, -0.05) is 54.6 Å². The summed E-state index contributed by atoms with van der Waals surface area (Å²) < 4.78 is 15.4. The molecule has 1 aliphatic rings. The van der Waals surface area contributed by atoms with Crippen molar-refractivity contribution in [2.75, 3.05) is 49.5 Å². The molecule has 50 heavy (non-hydrogen) atoms. The van der Waals surface area contributed by atoms with Crippen LogP contribution in [0.1, 0.15) is 35.8 Å². The highest BCUT2D eigenvalue weighted by Gasteiger charge is 2.33. The normalized spacial score (nSPS) is 13.5. The fourth-order valence-corrected chi connectivity index (χ4v) is 5.71. The van der Waals surface area contributed by atoms with E-state index in [-0.39, 0.29) is 17.9 Å². The Labute approximate surface area is 290 Å². The first kappa shape index (κ1) is 36.9. The zero-order chi connectivity index (χ0) is 36.0. The van der Waals surface area contributed by atoms with Crippen LogP contribution in [0.3, 0.4) is 0 Å². The summed E-state index contributed by atoms with van der Waals surface area (Å²) in [7, 11) is 0. The topological polar surface area (TPSA) is 143 Å². The van der Waals surface area contributed by atoms with Gasteiger partial charge < -0.3 is 25.3 Å². The van der Waals surface area contributed by atoms with Crippen molar-refractivity contribution in [2.45, 2.75) is 19.9 Å². The number of anilines is 2. The quantitative estimate of drug-likeness (QED) is 0.173. The molecular weight excluding hydrogens is 641 g/mol. The molecule has 3 aromatic carbocycles. The molecule has 0 bridgehead atoms. The van der Waals surface area contributed by atoms with Crippen molar-refractivity contribution in [1.29, 1.82) is 0 Å². The van der Waals surface area contributed by atoms with E-state index in [1.165, 1.54) is 6.07 Å². The summed E-state index contributed by atoms with van der Waals surface area (Å²) in [5.74, 6) is -3.14. The average molecular weight is 682 g/mol. The number of piperazine rings is 1. The lowest BCUT2D eigenvalue weighted by Crippen LogP contribution is -2.51. The molecule has 1 aromatic heterocycles. The van der Waals surface area contributed by atoms with Gasteiger partial charge in [-0.15, -0.1) is 0 Å². The lowest BCUT2D eigenvalue weighted by atomic mass is 10.0. The lowest BCUT2D eigenvalue weighted by Gasteiger charge is -2.41. The number of benzene rings is 3. The third-order valence-corrected chi connectivity index (χ3v) is 8.16. The van der Waals surface area contributed by atoms with Crippen LogP contribution in [0.4, 0.5) is 15.8 Å². The van der Waals surface area contributed by atoms with Crippen LogP contribution in [-0.4, -0.2) is 88.0 Å². The summed E-state index contributed by atoms with van der Waals surface area (Å²) in [6.07, 6.45) is 4.51. The maximum absolute atomic E-state index is 15.4. The lowest BCUT2D eigenvalue weighted by molar-refractivity contribution is -0.137. The molecule has 0 spiro atoms. The second kappa shape index (κ2) is 18.0. The summed E-state index contributed by atoms with van der Waals surface area (Å²) in [6, 6.07) is 25.3. The van der Waals surface area contributed by atoms with E-state index < -0.39 is 17.8 Å². The number of nitrogens with zero attached hydrogens (tertiary/aromatic N) is 4. The number of carboxylic acids is 2. The van der Waals surface area contributed by atoms with Crippen molar-refractivity contribution in [3.63, 3.8) is 0 Å². The van der Waals surface area contributed by atoms with Crippen molar-refractivity contribution >= 4 is 35.1 Å². The van der Waals surface area contributed by atoms with Crippen LogP contribution in [-0.2, 0) is 14.4 Å². The van der Waals surface area contributed by atoms with Crippen molar-refractivity contribution in [3.8, 4) is 11.1 Å². The Kier molecular flexibility index (Phi) is 13.3. The largest absolute Gasteiger partial charge is 0.478 e. The summed E-state index contributed by atoms with van der Waals surface area (Å²) >= 11 is 0. The standard InChI is InChI=1S/C34H36FN5O2.C4H4O4/c1-3-38(4-2)34(42)32(25-11-6-5-7-12-25)40-21-19-39(20-22-40)31-17-16-27(23-30(31)35)37-33(41)29-15-9-8-14-28(29)26-13-10-18-36-24-26;5-3(6)1-2-4(7)8/h5-18,23-24,32H,3-4,19-22H2,1-2H3,(H,37,41);1-2H,(H,5,6)(H,7,8). The molecule has 5 rings (SSSR count). The van der Waals surface area contributed by atoms with Crippen molar-refractivity contribution in [1.82, 2.24) is 14.8 Å². The van der Waals surface area contributed by atoms with Crippen LogP contribution >= 0.6 is 0 Å². The molecule has 12 heteroatoms. The number of pyridine rings is 1. The van der Waals surface area contributed by atoms with Crippen molar-refractivity contribution in [2.24, 2.45) is 0 Å². The predicted molar refractivity (Wildman–Crippen MR) is 189 cm³/mol. The molecule has 4 aromatic rings. The number of carbonyl (C=O) groups is 4. The number of nitrogens with one attached hydrogen (secondary N) is 1. The number of amides is 2. The molecule has 1 aliphatic heterocycles. The Hall–Kier alpha value is -5.88. The number of aliphatic carboxylic acids is 2. The van der Waals surface area contributed by atoms with Gasteiger partial charge in [0.25, 0.3) is 5.91 Å². The molecular formula is C38H40FN5O6. The minimum atomic E-state index is -1.26. The summed E-state index contributed by atoms with van der Waals surface area (Å²) in [5, 5.41) is 18.5. The maximum atomic E-state index is 15.4.